The van der Waals surface area contributed by atoms with E-state index in [0.29, 0.717) is 15.8 Å². The molecule has 1 N–H and O–H groups in total. The van der Waals surface area contributed by atoms with Gasteiger partial charge in [0.15, 0.2) is 5.75 Å². The zero-order valence-electron chi connectivity index (χ0n) is 17.4. The Morgan fingerprint density at radius 1 is 1.09 bits per heavy atom. The third kappa shape index (κ3) is 6.10. The van der Waals surface area contributed by atoms with Gasteiger partial charge in [0, 0.05) is 0 Å². The summed E-state index contributed by atoms with van der Waals surface area (Å²) in [5, 5.41) is 12.4. The van der Waals surface area contributed by atoms with Crippen LogP contribution in [0.4, 0.5) is 5.69 Å². The molecule has 0 aromatic heterocycles. The first-order valence-corrected chi connectivity index (χ1v) is 12.4. The van der Waals surface area contributed by atoms with E-state index in [-0.39, 0.29) is 32.0 Å². The molecule has 0 unspecified atom stereocenters. The molecule has 0 aliphatic carbocycles. The molecular formula is C23H15BrCl2N2O5S. The van der Waals surface area contributed by atoms with Crippen molar-refractivity contribution in [2.45, 2.75) is 4.90 Å². The molecule has 3 aromatic rings. The Bertz CT molecular complexity index is 1400. The van der Waals surface area contributed by atoms with E-state index in [0.717, 1.165) is 0 Å². The number of ether oxygens (including phenoxy) is 1. The lowest BCUT2D eigenvalue weighted by atomic mass is 10.1. The topological polar surface area (TPSA) is 105 Å². The number of nitriles is 1. The number of hydrogen-bond donors (Lipinski definition) is 1. The Hall–Kier alpha value is -3.03. The number of nitrogens with zero attached hydrogens (tertiary/aromatic N) is 1. The van der Waals surface area contributed by atoms with Gasteiger partial charge in [-0.2, -0.15) is 13.7 Å². The Balaban J connectivity index is 1.81. The fraction of sp³-hybridized carbons (Fsp3) is 0.0435. The summed E-state index contributed by atoms with van der Waals surface area (Å²) in [6.07, 6.45) is 1.33. The van der Waals surface area contributed by atoms with E-state index in [1.807, 2.05) is 6.07 Å². The first kappa shape index (κ1) is 25.6. The number of methoxy groups -OCH3 is 1. The minimum absolute atomic E-state index is 0.0266. The highest BCUT2D eigenvalue weighted by molar-refractivity contribution is 9.10. The summed E-state index contributed by atoms with van der Waals surface area (Å²) < 4.78 is 35.7. The van der Waals surface area contributed by atoms with E-state index >= 15 is 0 Å². The first-order chi connectivity index (χ1) is 16.1. The smallest absolute Gasteiger partial charge is 0.339 e. The third-order valence-corrected chi connectivity index (χ3v) is 6.88. The van der Waals surface area contributed by atoms with Gasteiger partial charge >= 0.3 is 10.1 Å². The highest BCUT2D eigenvalue weighted by Crippen LogP contribution is 2.32. The van der Waals surface area contributed by atoms with Crippen molar-refractivity contribution in [1.29, 1.82) is 5.26 Å². The summed E-state index contributed by atoms with van der Waals surface area (Å²) in [6.45, 7) is 0. The van der Waals surface area contributed by atoms with Crippen molar-refractivity contribution in [1.82, 2.24) is 0 Å². The lowest BCUT2D eigenvalue weighted by Gasteiger charge is -2.10. The van der Waals surface area contributed by atoms with Gasteiger partial charge < -0.3 is 14.2 Å². The molecule has 7 nitrogen and oxygen atoms in total. The Morgan fingerprint density at radius 3 is 2.29 bits per heavy atom. The molecule has 0 atom stereocenters. The van der Waals surface area contributed by atoms with Gasteiger partial charge in [-0.15, -0.1) is 0 Å². The van der Waals surface area contributed by atoms with Crippen molar-refractivity contribution >= 4 is 66.9 Å². The van der Waals surface area contributed by atoms with Crippen LogP contribution in [0, 0.1) is 11.3 Å². The number of carbonyl (C=O) groups excluding carboxylic acids is 1. The second kappa shape index (κ2) is 10.9. The SMILES string of the molecule is COc1ccc(S(=O)(=O)Oc2ccc(/C=C(\C#N)C(=O)Nc3c(Cl)cccc3Cl)cc2Br)cc1. The van der Waals surface area contributed by atoms with Gasteiger partial charge in [0.25, 0.3) is 5.91 Å². The number of hydrogen-bond acceptors (Lipinski definition) is 6. The number of rotatable bonds is 7. The molecule has 3 rings (SSSR count). The standard InChI is InChI=1S/C23H15BrCl2N2O5S/c1-32-16-6-8-17(9-7-16)34(30,31)33-21-10-5-14(12-18(21)24)11-15(13-27)23(29)28-22-19(25)3-2-4-20(22)26/h2-12H,1H3,(H,28,29)/b15-11+. The molecule has 174 valence electrons. The van der Waals surface area contributed by atoms with Crippen LogP contribution in [0.1, 0.15) is 5.56 Å². The second-order valence-corrected chi connectivity index (χ2v) is 9.84. The molecule has 0 spiro atoms. The molecule has 1 amide bonds. The zero-order valence-corrected chi connectivity index (χ0v) is 21.3. The fourth-order valence-corrected chi connectivity index (χ4v) is 4.72. The van der Waals surface area contributed by atoms with E-state index in [9.17, 15) is 18.5 Å². The first-order valence-electron chi connectivity index (χ1n) is 9.40. The highest BCUT2D eigenvalue weighted by Gasteiger charge is 2.19. The average molecular weight is 582 g/mol. The summed E-state index contributed by atoms with van der Waals surface area (Å²) in [7, 11) is -2.63. The van der Waals surface area contributed by atoms with Crippen LogP contribution in [0.15, 0.2) is 75.6 Å². The van der Waals surface area contributed by atoms with Gasteiger partial charge in [0.05, 0.1) is 27.3 Å². The van der Waals surface area contributed by atoms with Crippen molar-refractivity contribution in [3.05, 3.63) is 86.3 Å². The van der Waals surface area contributed by atoms with Crippen molar-refractivity contribution < 1.29 is 22.1 Å². The summed E-state index contributed by atoms with van der Waals surface area (Å²) in [4.78, 5) is 12.5. The molecule has 0 saturated heterocycles. The number of anilines is 1. The molecular weight excluding hydrogens is 567 g/mol. The van der Waals surface area contributed by atoms with Crippen molar-refractivity contribution in [3.8, 4) is 17.6 Å². The molecule has 0 heterocycles. The van der Waals surface area contributed by atoms with Crippen LogP contribution < -0.4 is 14.2 Å². The summed E-state index contributed by atoms with van der Waals surface area (Å²) in [5.41, 5.74) is 0.408. The largest absolute Gasteiger partial charge is 0.497 e. The minimum Gasteiger partial charge on any atom is -0.497 e. The van der Waals surface area contributed by atoms with Crippen LogP contribution in [0.3, 0.4) is 0 Å². The number of para-hydroxylation sites is 1. The number of benzene rings is 3. The highest BCUT2D eigenvalue weighted by atomic mass is 79.9. The maximum atomic E-state index is 12.6. The van der Waals surface area contributed by atoms with Gasteiger partial charge in [-0.05, 0) is 76.1 Å². The average Bonchev–Trinajstić information content (AvgIpc) is 2.81. The second-order valence-electron chi connectivity index (χ2n) is 6.62. The molecule has 0 saturated carbocycles. The summed E-state index contributed by atoms with van der Waals surface area (Å²) >= 11 is 15.4. The van der Waals surface area contributed by atoms with Crippen LogP contribution in [-0.4, -0.2) is 21.4 Å². The van der Waals surface area contributed by atoms with Crippen molar-refractivity contribution in [2.75, 3.05) is 12.4 Å². The van der Waals surface area contributed by atoms with Gasteiger partial charge in [0.1, 0.15) is 22.3 Å². The molecule has 0 aliphatic heterocycles. The van der Waals surface area contributed by atoms with Crippen LogP contribution >= 0.6 is 39.1 Å². The Morgan fingerprint density at radius 2 is 1.74 bits per heavy atom. The molecule has 11 heteroatoms. The van der Waals surface area contributed by atoms with Crippen LogP contribution in [-0.2, 0) is 14.9 Å². The number of carbonyl (C=O) groups is 1. The molecule has 0 aliphatic rings. The quantitative estimate of drug-likeness (QED) is 0.206. The molecule has 0 radical (unpaired) electrons. The molecule has 3 aromatic carbocycles. The molecule has 0 bridgehead atoms. The van der Waals surface area contributed by atoms with E-state index in [2.05, 4.69) is 21.2 Å². The summed E-state index contributed by atoms with van der Waals surface area (Å²) in [6, 6.07) is 16.7. The van der Waals surface area contributed by atoms with Gasteiger partial charge in [-0.3, -0.25) is 4.79 Å². The predicted octanol–water partition coefficient (Wildman–Crippen LogP) is 6.08. The third-order valence-electron chi connectivity index (χ3n) is 4.38. The fourth-order valence-electron chi connectivity index (χ4n) is 2.70. The number of amides is 1. The lowest BCUT2D eigenvalue weighted by molar-refractivity contribution is -0.112. The maximum absolute atomic E-state index is 12.6. The zero-order chi connectivity index (χ0) is 24.9. The normalized spacial score (nSPS) is 11.4. The Labute approximate surface area is 214 Å². The van der Waals surface area contributed by atoms with Crippen molar-refractivity contribution in [3.63, 3.8) is 0 Å². The van der Waals surface area contributed by atoms with E-state index in [4.69, 9.17) is 32.1 Å². The van der Waals surface area contributed by atoms with Gasteiger partial charge in [-0.25, -0.2) is 0 Å². The lowest BCUT2D eigenvalue weighted by Crippen LogP contribution is -2.14. The van der Waals surface area contributed by atoms with Crippen molar-refractivity contribution in [2.24, 2.45) is 0 Å². The predicted molar refractivity (Wildman–Crippen MR) is 134 cm³/mol. The minimum atomic E-state index is -4.10. The van der Waals surface area contributed by atoms with Crippen LogP contribution in [0.5, 0.6) is 11.5 Å². The van der Waals surface area contributed by atoms with E-state index < -0.39 is 16.0 Å². The monoisotopic (exact) mass is 580 g/mol. The van der Waals surface area contributed by atoms with Gasteiger partial charge in [0.2, 0.25) is 0 Å². The van der Waals surface area contributed by atoms with E-state index in [1.165, 1.54) is 55.7 Å². The summed E-state index contributed by atoms with van der Waals surface area (Å²) in [5.74, 6) is -0.180. The van der Waals surface area contributed by atoms with Gasteiger partial charge in [-0.1, -0.05) is 35.3 Å². The maximum Gasteiger partial charge on any atom is 0.339 e. The molecule has 0 fully saturated rings. The Kier molecular flexibility index (Phi) is 8.23. The van der Waals surface area contributed by atoms with Crippen LogP contribution in [0.25, 0.3) is 6.08 Å². The van der Waals surface area contributed by atoms with E-state index in [1.54, 1.807) is 18.2 Å². The van der Waals surface area contributed by atoms with Crippen LogP contribution in [0.2, 0.25) is 10.0 Å². The number of nitrogens with one attached hydrogen (secondary N) is 1. The number of halogens is 3. The molecule has 34 heavy (non-hydrogen) atoms.